The number of hydrogen-bond donors (Lipinski definition) is 1. The molecule has 1 saturated heterocycles. The predicted octanol–water partition coefficient (Wildman–Crippen LogP) is 2.59. The van der Waals surface area contributed by atoms with Crippen LogP contribution in [0.4, 0.5) is 0 Å². The molecular weight excluding hydrogens is 290 g/mol. The summed E-state index contributed by atoms with van der Waals surface area (Å²) in [5, 5.41) is 3.38. The summed E-state index contributed by atoms with van der Waals surface area (Å²) in [6, 6.07) is 8.56. The van der Waals surface area contributed by atoms with Crippen LogP contribution >= 0.6 is 0 Å². The number of benzene rings is 1. The number of amides is 1. The molecule has 1 amide bonds. The van der Waals surface area contributed by atoms with Gasteiger partial charge in [-0.1, -0.05) is 38.1 Å². The average molecular weight is 313 g/mol. The van der Waals surface area contributed by atoms with E-state index in [1.807, 2.05) is 11.8 Å². The zero-order chi connectivity index (χ0) is 16.2. The molecule has 1 aromatic carbocycles. The molecule has 0 aliphatic carbocycles. The van der Waals surface area contributed by atoms with E-state index in [2.05, 4.69) is 41.5 Å². The molecule has 0 bridgehead atoms. The Balaban J connectivity index is 1.87. The maximum absolute atomic E-state index is 12.9. The lowest BCUT2D eigenvalue weighted by Gasteiger charge is -2.36. The number of rotatable bonds is 4. The Hall–Kier alpha value is -2.14. The second kappa shape index (κ2) is 6.96. The fourth-order valence-corrected chi connectivity index (χ4v) is 3.05. The first-order valence-corrected chi connectivity index (χ1v) is 8.27. The van der Waals surface area contributed by atoms with E-state index in [4.69, 9.17) is 4.42 Å². The molecule has 1 atom stereocenters. The van der Waals surface area contributed by atoms with Crippen LogP contribution in [0.5, 0.6) is 0 Å². The van der Waals surface area contributed by atoms with E-state index >= 15 is 0 Å². The van der Waals surface area contributed by atoms with Crippen molar-refractivity contribution in [1.82, 2.24) is 15.2 Å². The van der Waals surface area contributed by atoms with Crippen LogP contribution in [0.15, 0.2) is 35.1 Å². The Morgan fingerprint density at radius 3 is 2.78 bits per heavy atom. The lowest BCUT2D eigenvalue weighted by atomic mass is 10.0. The SMILES string of the molecule is CCc1ccc(C2CNCCN2C(=O)c2ncoc2CC)cc1. The smallest absolute Gasteiger partial charge is 0.276 e. The highest BCUT2D eigenvalue weighted by Crippen LogP contribution is 2.25. The van der Waals surface area contributed by atoms with E-state index in [0.29, 0.717) is 24.4 Å². The molecule has 2 aromatic rings. The lowest BCUT2D eigenvalue weighted by molar-refractivity contribution is 0.0626. The Kier molecular flexibility index (Phi) is 4.76. The third-order valence-electron chi connectivity index (χ3n) is 4.44. The summed E-state index contributed by atoms with van der Waals surface area (Å²) < 4.78 is 5.32. The first-order valence-electron chi connectivity index (χ1n) is 8.27. The number of piperazine rings is 1. The highest BCUT2D eigenvalue weighted by atomic mass is 16.3. The number of aromatic nitrogens is 1. The van der Waals surface area contributed by atoms with Crippen molar-refractivity contribution in [1.29, 1.82) is 0 Å². The van der Waals surface area contributed by atoms with Gasteiger partial charge in [-0.25, -0.2) is 4.98 Å². The van der Waals surface area contributed by atoms with Crippen molar-refractivity contribution in [3.63, 3.8) is 0 Å². The molecule has 1 unspecified atom stereocenters. The molecular formula is C18H23N3O2. The minimum Gasteiger partial charge on any atom is -0.448 e. The average Bonchev–Trinajstić information content (AvgIpc) is 3.10. The monoisotopic (exact) mass is 313 g/mol. The molecule has 2 heterocycles. The van der Waals surface area contributed by atoms with Gasteiger partial charge in [0.1, 0.15) is 5.76 Å². The molecule has 23 heavy (non-hydrogen) atoms. The first kappa shape index (κ1) is 15.7. The van der Waals surface area contributed by atoms with Crippen molar-refractivity contribution in [2.45, 2.75) is 32.7 Å². The standard InChI is InChI=1S/C18H23N3O2/c1-3-13-5-7-14(8-6-13)15-11-19-9-10-21(15)18(22)17-16(4-2)23-12-20-17/h5-8,12,15,19H,3-4,9-11H2,1-2H3. The normalized spacial score (nSPS) is 18.2. The van der Waals surface area contributed by atoms with Gasteiger partial charge in [0.25, 0.3) is 5.91 Å². The van der Waals surface area contributed by atoms with E-state index in [1.165, 1.54) is 12.0 Å². The summed E-state index contributed by atoms with van der Waals surface area (Å²) in [7, 11) is 0. The van der Waals surface area contributed by atoms with Gasteiger partial charge < -0.3 is 14.6 Å². The first-order chi connectivity index (χ1) is 11.2. The number of aryl methyl sites for hydroxylation is 2. The van der Waals surface area contributed by atoms with Crippen molar-refractivity contribution in [3.05, 3.63) is 53.2 Å². The quantitative estimate of drug-likeness (QED) is 0.942. The molecule has 0 spiro atoms. The van der Waals surface area contributed by atoms with Crippen LogP contribution in [0.25, 0.3) is 0 Å². The van der Waals surface area contributed by atoms with E-state index in [0.717, 1.165) is 25.1 Å². The molecule has 1 aliphatic heterocycles. The second-order valence-electron chi connectivity index (χ2n) is 5.79. The Labute approximate surface area is 136 Å². The summed E-state index contributed by atoms with van der Waals surface area (Å²) in [6.45, 7) is 6.35. The molecule has 5 heteroatoms. The van der Waals surface area contributed by atoms with Crippen LogP contribution in [-0.4, -0.2) is 35.4 Å². The topological polar surface area (TPSA) is 58.4 Å². The molecule has 122 valence electrons. The Bertz CT molecular complexity index is 663. The van der Waals surface area contributed by atoms with E-state index in [-0.39, 0.29) is 11.9 Å². The lowest BCUT2D eigenvalue weighted by Crippen LogP contribution is -2.49. The van der Waals surface area contributed by atoms with Crippen LogP contribution < -0.4 is 5.32 Å². The molecule has 0 saturated carbocycles. The van der Waals surface area contributed by atoms with E-state index in [9.17, 15) is 4.79 Å². The zero-order valence-electron chi connectivity index (χ0n) is 13.7. The van der Waals surface area contributed by atoms with Crippen LogP contribution in [0.3, 0.4) is 0 Å². The molecule has 5 nitrogen and oxygen atoms in total. The number of oxazole rings is 1. The molecule has 1 N–H and O–H groups in total. The number of nitrogens with one attached hydrogen (secondary N) is 1. The van der Waals surface area contributed by atoms with Crippen molar-refractivity contribution >= 4 is 5.91 Å². The summed E-state index contributed by atoms with van der Waals surface area (Å²) in [5.41, 5.74) is 2.91. The highest BCUT2D eigenvalue weighted by Gasteiger charge is 2.31. The van der Waals surface area contributed by atoms with Crippen molar-refractivity contribution in [2.24, 2.45) is 0 Å². The van der Waals surface area contributed by atoms with Crippen molar-refractivity contribution in [2.75, 3.05) is 19.6 Å². The van der Waals surface area contributed by atoms with E-state index < -0.39 is 0 Å². The van der Waals surface area contributed by atoms with Gasteiger partial charge in [-0.15, -0.1) is 0 Å². The number of carbonyl (C=O) groups excluding carboxylic acids is 1. The number of hydrogen-bond acceptors (Lipinski definition) is 4. The number of nitrogens with zero attached hydrogens (tertiary/aromatic N) is 2. The van der Waals surface area contributed by atoms with Crippen LogP contribution in [-0.2, 0) is 12.8 Å². The third-order valence-corrected chi connectivity index (χ3v) is 4.44. The van der Waals surface area contributed by atoms with Gasteiger partial charge in [-0.3, -0.25) is 4.79 Å². The molecule has 3 rings (SSSR count). The highest BCUT2D eigenvalue weighted by molar-refractivity contribution is 5.93. The molecule has 1 fully saturated rings. The largest absolute Gasteiger partial charge is 0.448 e. The Morgan fingerprint density at radius 1 is 1.30 bits per heavy atom. The second-order valence-corrected chi connectivity index (χ2v) is 5.79. The van der Waals surface area contributed by atoms with Crippen LogP contribution in [0.1, 0.15) is 47.3 Å². The fourth-order valence-electron chi connectivity index (χ4n) is 3.05. The summed E-state index contributed by atoms with van der Waals surface area (Å²) in [5.74, 6) is 0.621. The molecule has 0 radical (unpaired) electrons. The van der Waals surface area contributed by atoms with Gasteiger partial charge >= 0.3 is 0 Å². The molecule has 1 aromatic heterocycles. The maximum Gasteiger partial charge on any atom is 0.276 e. The Morgan fingerprint density at radius 2 is 2.09 bits per heavy atom. The van der Waals surface area contributed by atoms with Crippen LogP contribution in [0, 0.1) is 0 Å². The van der Waals surface area contributed by atoms with Crippen LogP contribution in [0.2, 0.25) is 0 Å². The predicted molar refractivity (Wildman–Crippen MR) is 88.3 cm³/mol. The van der Waals surface area contributed by atoms with Gasteiger partial charge in [0.05, 0.1) is 6.04 Å². The van der Waals surface area contributed by atoms with Crippen molar-refractivity contribution in [3.8, 4) is 0 Å². The maximum atomic E-state index is 12.9. The zero-order valence-corrected chi connectivity index (χ0v) is 13.7. The number of carbonyl (C=O) groups is 1. The minimum absolute atomic E-state index is 0.0311. The third kappa shape index (κ3) is 3.15. The van der Waals surface area contributed by atoms with Gasteiger partial charge in [0.2, 0.25) is 0 Å². The van der Waals surface area contributed by atoms with Gasteiger partial charge in [-0.05, 0) is 17.5 Å². The summed E-state index contributed by atoms with van der Waals surface area (Å²) >= 11 is 0. The van der Waals surface area contributed by atoms with Gasteiger partial charge in [0, 0.05) is 26.1 Å². The molecule has 1 aliphatic rings. The summed E-state index contributed by atoms with van der Waals surface area (Å²) in [6.07, 6.45) is 3.05. The van der Waals surface area contributed by atoms with Crippen molar-refractivity contribution < 1.29 is 9.21 Å². The fraction of sp³-hybridized carbons (Fsp3) is 0.444. The van der Waals surface area contributed by atoms with Gasteiger partial charge in [0.15, 0.2) is 12.1 Å². The van der Waals surface area contributed by atoms with E-state index in [1.54, 1.807) is 0 Å². The summed E-state index contributed by atoms with van der Waals surface area (Å²) in [4.78, 5) is 19.0. The minimum atomic E-state index is -0.0401. The van der Waals surface area contributed by atoms with Gasteiger partial charge in [-0.2, -0.15) is 0 Å².